The second-order valence-corrected chi connectivity index (χ2v) is 30.0. The fraction of sp³-hybridized carbons (Fsp3) is 0.317. The molecule has 0 saturated carbocycles. The van der Waals surface area contributed by atoms with Gasteiger partial charge in [0.2, 0.25) is 53.8 Å². The SMILES string of the molecule is CCCCOc1ccc(CNC2[C@H](Oc3c4cc5cc3Oc3ccc(cc3Cl)[C@@H](O)C3NC(=O)[C@H](NC(=O)[C@@H]5NC(=O)[C@H]5NC(=O)[C@@H](Cc6ccc(cc6)O4)NC(=O)[C@H](NC)c4ccc(O)c(c4)Oc4cc(O)c(Cl)c5c4)c4ccc(O)c(c4)-c4c(O[C@H]5O[C@H](CO)[C@@H](O)[C@H](O)[C@@H]5O)cc(O)cc4[C@@H](C(=O)O)NC3=O)OC(C(=O)O)C(O)[C@@H]2O)cc1. The molecular weight excluding hydrogens is 1630 g/mol. The number of likely N-dealkylation sites (N-methyl/N-ethyl adjacent to an activating group) is 1. The summed E-state index contributed by atoms with van der Waals surface area (Å²) in [6, 6.07) is 11.8. The number of carbonyl (C=O) groups is 8. The van der Waals surface area contributed by atoms with Gasteiger partial charge >= 0.3 is 11.9 Å². The third-order valence-electron chi connectivity index (χ3n) is 21.1. The van der Waals surface area contributed by atoms with Crippen LogP contribution in [0.15, 0.2) is 140 Å². The molecule has 16 rings (SSSR count). The lowest BCUT2D eigenvalue weighted by Crippen LogP contribution is -2.65. The second-order valence-electron chi connectivity index (χ2n) is 29.2. The number of aromatic hydroxyl groups is 4. The molecule has 0 aromatic heterocycles. The quantitative estimate of drug-likeness (QED) is 0.0655. The van der Waals surface area contributed by atoms with Crippen molar-refractivity contribution in [3.8, 4) is 85.9 Å². The number of aliphatic hydroxyl groups excluding tert-OH is 7. The summed E-state index contributed by atoms with van der Waals surface area (Å²) < 4.78 is 50.1. The van der Waals surface area contributed by atoms with Crippen molar-refractivity contribution < 1.29 is 143 Å². The maximum atomic E-state index is 16.7. The van der Waals surface area contributed by atoms with Gasteiger partial charge in [-0.05, 0) is 132 Å². The molecule has 8 aromatic carbocycles. The third-order valence-corrected chi connectivity index (χ3v) is 21.8. The first-order valence-corrected chi connectivity index (χ1v) is 38.5. The summed E-state index contributed by atoms with van der Waals surface area (Å²) in [5, 5.41) is 168. The molecule has 8 aliphatic rings. The Balaban J connectivity index is 1.00. The summed E-state index contributed by atoms with van der Waals surface area (Å²) in [5.41, 5.74) is -2.61. The lowest BCUT2D eigenvalue weighted by atomic mass is 9.89. The van der Waals surface area contributed by atoms with E-state index in [1.165, 1.54) is 49.5 Å². The Morgan fingerprint density at radius 1 is 0.545 bits per heavy atom. The van der Waals surface area contributed by atoms with Crippen LogP contribution in [0.25, 0.3) is 11.1 Å². The van der Waals surface area contributed by atoms with Crippen LogP contribution in [0.4, 0.5) is 0 Å². The van der Waals surface area contributed by atoms with Gasteiger partial charge in [0.25, 0.3) is 0 Å². The van der Waals surface area contributed by atoms with E-state index in [1.54, 1.807) is 24.3 Å². The number of rotatable bonds is 15. The van der Waals surface area contributed by atoms with Crippen molar-refractivity contribution in [2.24, 2.45) is 0 Å². The molecule has 636 valence electrons. The number of aliphatic hydroxyl groups is 7. The molecule has 0 spiro atoms. The molecule has 8 aliphatic heterocycles. The van der Waals surface area contributed by atoms with Crippen LogP contribution in [0, 0.1) is 0 Å². The molecule has 6 amide bonds. The number of phenols is 4. The number of nitrogens with one attached hydrogen (secondary N) is 8. The Morgan fingerprint density at radius 3 is 1.90 bits per heavy atom. The van der Waals surface area contributed by atoms with Gasteiger partial charge in [0.1, 0.15) is 125 Å². The summed E-state index contributed by atoms with van der Waals surface area (Å²) in [6.07, 6.45) is -19.7. The van der Waals surface area contributed by atoms with Gasteiger partial charge in [-0.25, -0.2) is 9.59 Å². The number of benzene rings is 8. The van der Waals surface area contributed by atoms with E-state index in [2.05, 4.69) is 42.5 Å². The van der Waals surface area contributed by atoms with Crippen molar-refractivity contribution in [1.29, 1.82) is 0 Å². The summed E-state index contributed by atoms with van der Waals surface area (Å²) in [7, 11) is 1.42. The van der Waals surface area contributed by atoms with Crippen LogP contribution in [-0.4, -0.2) is 207 Å². The first-order valence-electron chi connectivity index (χ1n) is 37.8. The summed E-state index contributed by atoms with van der Waals surface area (Å²) in [6.45, 7) is 1.30. The first-order chi connectivity index (χ1) is 57.9. The molecule has 8 heterocycles. The highest BCUT2D eigenvalue weighted by Crippen LogP contribution is 2.50. The van der Waals surface area contributed by atoms with Gasteiger partial charge in [-0.1, -0.05) is 79.0 Å². The summed E-state index contributed by atoms with van der Waals surface area (Å²) in [5.74, 6) is -17.9. The molecule has 37 nitrogen and oxygen atoms in total. The van der Waals surface area contributed by atoms with E-state index >= 15 is 24.0 Å². The topological polar surface area (TPSA) is 570 Å². The van der Waals surface area contributed by atoms with E-state index in [9.17, 15) is 80.8 Å². The van der Waals surface area contributed by atoms with Crippen LogP contribution in [0.1, 0.15) is 101 Å². The fourth-order valence-corrected chi connectivity index (χ4v) is 15.2. The largest absolute Gasteiger partial charge is 0.508 e. The Labute approximate surface area is 695 Å². The Hall–Kier alpha value is -12.3. The van der Waals surface area contributed by atoms with Gasteiger partial charge in [-0.15, -0.1) is 0 Å². The van der Waals surface area contributed by atoms with E-state index in [0.717, 1.165) is 85.6 Å². The molecule has 2 fully saturated rings. The van der Waals surface area contributed by atoms with Crippen LogP contribution < -0.4 is 71.0 Å². The van der Waals surface area contributed by atoms with E-state index in [-0.39, 0.29) is 34.9 Å². The van der Waals surface area contributed by atoms with Gasteiger partial charge in [0.05, 0.1) is 29.3 Å². The summed E-state index contributed by atoms with van der Waals surface area (Å²) in [4.78, 5) is 122. The molecule has 121 heavy (non-hydrogen) atoms. The maximum absolute atomic E-state index is 16.7. The van der Waals surface area contributed by atoms with Crippen molar-refractivity contribution in [2.45, 2.75) is 142 Å². The molecule has 4 unspecified atom stereocenters. The normalized spacial score (nSPS) is 26.6. The number of halogens is 2. The van der Waals surface area contributed by atoms with Gasteiger partial charge in [-0.3, -0.25) is 28.8 Å². The molecule has 18 atom stereocenters. The van der Waals surface area contributed by atoms with Gasteiger partial charge in [0, 0.05) is 47.4 Å². The highest BCUT2D eigenvalue weighted by Gasteiger charge is 2.51. The predicted octanol–water partition coefficient (Wildman–Crippen LogP) is 3.26. The standard InChI is InChI=1S/C82H80Cl2N8O29/c1-3-4-19-114-39-12-7-33(8-13-39)30-86-64-67(100)69(102)72(80(112)113)121-81(64)120-71-53-24-37-25-54(71)117-50-18-11-36(22-45(50)83)65(98)63-78(109)91-62(79(110)111)43-26-38(94)27-52(118-82-70(103)68(101)66(99)55(31-93)119-82)56(43)42-21-34(9-16-47(42)95)59(75(106)92-63)88-76(107)60(37)89-77(108)61-44-28-41(29-49(97)57(44)84)116-51-23-35(10-17-48(51)96)58(85-2)74(105)87-46(73(104)90-61)20-32-5-14-40(115-53)15-6-32/h5-18,21-29,46,55,58-70,72,81-82,85-86,93-103H,3-4,19-20,30-31H2,1-2H3,(H,87,105)(H,88,107)(H,89,108)(H,90,104)(H,91,109)(H,92,106)(H,110,111)(H,112,113)/t46-,55-,58-,59-,60-,61+,62+,63?,64?,65-,66-,67-,68+,69?,70+,72?,81-,82+/m1/s1. The lowest BCUT2D eigenvalue weighted by Gasteiger charge is -2.41. The number of unbranched alkanes of at least 4 members (excludes halogenated alkanes) is 1. The number of ether oxygens (including phenoxy) is 8. The average molecular weight is 1710 g/mol. The fourth-order valence-electron chi connectivity index (χ4n) is 14.7. The number of carbonyl (C=O) groups excluding carboxylic acids is 6. The minimum absolute atomic E-state index is 0.123. The van der Waals surface area contributed by atoms with Gasteiger partial charge in [-0.2, -0.15) is 0 Å². The Morgan fingerprint density at radius 2 is 1.21 bits per heavy atom. The highest BCUT2D eigenvalue weighted by atomic mass is 35.5. The third kappa shape index (κ3) is 17.7. The average Bonchev–Trinajstić information content (AvgIpc) is 0.755. The number of aliphatic carboxylic acids is 2. The number of carboxylic acids is 2. The van der Waals surface area contributed by atoms with E-state index in [4.69, 9.17) is 61.1 Å². The van der Waals surface area contributed by atoms with E-state index < -0.39 is 265 Å². The lowest BCUT2D eigenvalue weighted by molar-refractivity contribution is -0.277. The summed E-state index contributed by atoms with van der Waals surface area (Å²) >= 11 is 14.2. The second kappa shape index (κ2) is 35.5. The zero-order valence-electron chi connectivity index (χ0n) is 63.5. The number of carboxylic acid groups (broad SMARTS) is 2. The molecule has 21 N–H and O–H groups in total. The number of amides is 6. The number of phenolic OH excluding ortho intramolecular Hbond substituents is 4. The van der Waals surface area contributed by atoms with Crippen LogP contribution >= 0.6 is 23.2 Å². The minimum Gasteiger partial charge on any atom is -0.508 e. The van der Waals surface area contributed by atoms with Crippen molar-refractivity contribution >= 4 is 70.6 Å². The van der Waals surface area contributed by atoms with Gasteiger partial charge in [0.15, 0.2) is 35.1 Å². The van der Waals surface area contributed by atoms with Crippen LogP contribution in [0.5, 0.6) is 74.7 Å². The van der Waals surface area contributed by atoms with E-state index in [1.807, 2.05) is 6.92 Å². The maximum Gasteiger partial charge on any atom is 0.335 e. The zero-order valence-corrected chi connectivity index (χ0v) is 65.0. The molecule has 8 aromatic rings. The number of hydrogen-bond donors (Lipinski definition) is 21. The van der Waals surface area contributed by atoms with Crippen LogP contribution in [0.3, 0.4) is 0 Å². The van der Waals surface area contributed by atoms with E-state index in [0.29, 0.717) is 23.5 Å². The van der Waals surface area contributed by atoms with Gasteiger partial charge < -0.3 is 147 Å². The van der Waals surface area contributed by atoms with Crippen LogP contribution in [0.2, 0.25) is 10.0 Å². The number of hydrogen-bond acceptors (Lipinski definition) is 29. The first kappa shape index (κ1) is 85.1. The molecule has 0 radical (unpaired) electrons. The Bertz CT molecular complexity index is 5360. The van der Waals surface area contributed by atoms with Crippen molar-refractivity contribution in [2.75, 3.05) is 20.3 Å². The molecule has 17 bridgehead atoms. The molecule has 39 heteroatoms. The zero-order chi connectivity index (χ0) is 86.3. The number of fused-ring (bicyclic) bond motifs is 14. The minimum atomic E-state index is -2.44. The van der Waals surface area contributed by atoms with Crippen molar-refractivity contribution in [3.63, 3.8) is 0 Å². The molecular formula is C82H80Cl2N8O29. The molecule has 0 aliphatic carbocycles. The molecule has 2 saturated heterocycles. The van der Waals surface area contributed by atoms with Crippen LogP contribution in [-0.2, 0) is 60.8 Å². The Kier molecular flexibility index (Phi) is 25.0. The smallest absolute Gasteiger partial charge is 0.335 e. The van der Waals surface area contributed by atoms with Crippen molar-refractivity contribution in [1.82, 2.24) is 42.5 Å². The monoisotopic (exact) mass is 1710 g/mol. The predicted molar refractivity (Wildman–Crippen MR) is 417 cm³/mol. The highest BCUT2D eigenvalue weighted by molar-refractivity contribution is 6.33. The van der Waals surface area contributed by atoms with Crippen molar-refractivity contribution in [3.05, 3.63) is 194 Å².